The van der Waals surface area contributed by atoms with Crippen molar-refractivity contribution in [2.45, 2.75) is 40.2 Å². The highest BCUT2D eigenvalue weighted by molar-refractivity contribution is 5.83. The summed E-state index contributed by atoms with van der Waals surface area (Å²) < 4.78 is 11.3. The second-order valence-corrected chi connectivity index (χ2v) is 9.51. The Labute approximate surface area is 186 Å². The van der Waals surface area contributed by atoms with Crippen molar-refractivity contribution in [1.82, 2.24) is 15.1 Å². The predicted molar refractivity (Wildman–Crippen MR) is 120 cm³/mol. The maximum atomic E-state index is 12.7. The molecule has 0 spiro atoms. The van der Waals surface area contributed by atoms with Crippen LogP contribution >= 0.6 is 0 Å². The number of carbonyl (C=O) groups excluding carboxylic acids is 2. The summed E-state index contributed by atoms with van der Waals surface area (Å²) in [5.74, 6) is 0.810. The van der Waals surface area contributed by atoms with E-state index in [1.165, 1.54) is 0 Å². The highest BCUT2D eigenvalue weighted by atomic mass is 16.5. The van der Waals surface area contributed by atoms with Crippen LogP contribution in [0.1, 0.15) is 39.2 Å². The van der Waals surface area contributed by atoms with Gasteiger partial charge in [-0.1, -0.05) is 32.9 Å². The third kappa shape index (κ3) is 7.21. The third-order valence-corrected chi connectivity index (χ3v) is 5.87. The first-order valence-corrected chi connectivity index (χ1v) is 11.4. The van der Waals surface area contributed by atoms with Crippen molar-refractivity contribution >= 4 is 11.8 Å². The average molecular weight is 432 g/mol. The molecule has 2 aliphatic rings. The molecule has 2 aliphatic heterocycles. The van der Waals surface area contributed by atoms with E-state index in [1.807, 2.05) is 49.9 Å². The van der Waals surface area contributed by atoms with Gasteiger partial charge in [0.1, 0.15) is 12.4 Å². The van der Waals surface area contributed by atoms with E-state index >= 15 is 0 Å². The van der Waals surface area contributed by atoms with E-state index in [0.717, 1.165) is 63.5 Å². The Morgan fingerprint density at radius 1 is 1.19 bits per heavy atom. The quantitative estimate of drug-likeness (QED) is 0.717. The first-order valence-electron chi connectivity index (χ1n) is 11.4. The number of ether oxygens (including phenoxy) is 2. The van der Waals surface area contributed by atoms with Gasteiger partial charge < -0.3 is 19.7 Å². The van der Waals surface area contributed by atoms with E-state index in [2.05, 4.69) is 10.2 Å². The van der Waals surface area contributed by atoms with E-state index in [0.29, 0.717) is 19.7 Å². The number of piperidine rings is 1. The van der Waals surface area contributed by atoms with Crippen molar-refractivity contribution in [2.24, 2.45) is 11.3 Å². The second kappa shape index (κ2) is 11.0. The van der Waals surface area contributed by atoms with Crippen LogP contribution in [-0.2, 0) is 20.9 Å². The SMILES string of the molecule is CC(C)(C)C(=O)N1CCCC(C(=O)NCc2cccc(OCCN3CCOCC3)c2)C1. The molecular formula is C24H37N3O4. The number of carbonyl (C=O) groups is 2. The maximum Gasteiger partial charge on any atom is 0.227 e. The first-order chi connectivity index (χ1) is 14.8. The molecule has 0 bridgehead atoms. The van der Waals surface area contributed by atoms with Crippen LogP contribution < -0.4 is 10.1 Å². The fraction of sp³-hybridized carbons (Fsp3) is 0.667. The highest BCUT2D eigenvalue weighted by Gasteiger charge is 2.33. The minimum atomic E-state index is -0.416. The van der Waals surface area contributed by atoms with Crippen LogP contribution in [-0.4, -0.2) is 74.2 Å². The Balaban J connectivity index is 1.44. The zero-order chi connectivity index (χ0) is 22.3. The summed E-state index contributed by atoms with van der Waals surface area (Å²) in [5.41, 5.74) is 0.594. The fourth-order valence-corrected chi connectivity index (χ4v) is 4.05. The first kappa shape index (κ1) is 23.5. The van der Waals surface area contributed by atoms with Gasteiger partial charge in [-0.05, 0) is 30.5 Å². The summed E-state index contributed by atoms with van der Waals surface area (Å²) in [4.78, 5) is 29.5. The molecule has 1 atom stereocenters. The van der Waals surface area contributed by atoms with Gasteiger partial charge in [-0.15, -0.1) is 0 Å². The molecule has 0 aliphatic carbocycles. The van der Waals surface area contributed by atoms with E-state index in [9.17, 15) is 9.59 Å². The number of hydrogen-bond acceptors (Lipinski definition) is 5. The summed E-state index contributed by atoms with van der Waals surface area (Å²) in [6.07, 6.45) is 1.69. The van der Waals surface area contributed by atoms with Crippen molar-refractivity contribution in [1.29, 1.82) is 0 Å². The van der Waals surface area contributed by atoms with Gasteiger partial charge in [0.2, 0.25) is 11.8 Å². The number of rotatable bonds is 7. The van der Waals surface area contributed by atoms with Crippen molar-refractivity contribution in [2.75, 3.05) is 52.5 Å². The molecule has 1 aromatic carbocycles. The zero-order valence-electron chi connectivity index (χ0n) is 19.2. The predicted octanol–water partition coefficient (Wildman–Crippen LogP) is 2.30. The minimum absolute atomic E-state index is 0.0186. The van der Waals surface area contributed by atoms with Gasteiger partial charge in [0.25, 0.3) is 0 Å². The van der Waals surface area contributed by atoms with Gasteiger partial charge in [-0.2, -0.15) is 0 Å². The van der Waals surface area contributed by atoms with E-state index in [-0.39, 0.29) is 17.7 Å². The lowest BCUT2D eigenvalue weighted by Gasteiger charge is -2.35. The van der Waals surface area contributed by atoms with Crippen LogP contribution in [0, 0.1) is 11.3 Å². The van der Waals surface area contributed by atoms with Crippen LogP contribution in [0.25, 0.3) is 0 Å². The Hall–Kier alpha value is -2.12. The number of nitrogens with zero attached hydrogens (tertiary/aromatic N) is 2. The summed E-state index contributed by atoms with van der Waals surface area (Å²) in [5, 5.41) is 3.05. The van der Waals surface area contributed by atoms with Crippen LogP contribution in [0.4, 0.5) is 0 Å². The largest absolute Gasteiger partial charge is 0.492 e. The molecule has 2 saturated heterocycles. The summed E-state index contributed by atoms with van der Waals surface area (Å²) in [7, 11) is 0. The lowest BCUT2D eigenvalue weighted by molar-refractivity contribution is -0.142. The number of morpholine rings is 1. The Bertz CT molecular complexity index is 741. The van der Waals surface area contributed by atoms with E-state index < -0.39 is 5.41 Å². The molecule has 0 radical (unpaired) electrons. The average Bonchev–Trinajstić information content (AvgIpc) is 2.77. The maximum absolute atomic E-state index is 12.7. The molecule has 2 heterocycles. The molecule has 7 heteroatoms. The second-order valence-electron chi connectivity index (χ2n) is 9.51. The zero-order valence-corrected chi connectivity index (χ0v) is 19.2. The Morgan fingerprint density at radius 2 is 1.97 bits per heavy atom. The van der Waals surface area contributed by atoms with Crippen LogP contribution in [0.15, 0.2) is 24.3 Å². The normalized spacial score (nSPS) is 20.4. The summed E-state index contributed by atoms with van der Waals surface area (Å²) in [6.45, 7) is 12.5. The molecular weight excluding hydrogens is 394 g/mol. The molecule has 7 nitrogen and oxygen atoms in total. The smallest absolute Gasteiger partial charge is 0.227 e. The molecule has 0 saturated carbocycles. The van der Waals surface area contributed by atoms with Crippen LogP contribution in [0.3, 0.4) is 0 Å². The number of amides is 2. The van der Waals surface area contributed by atoms with Crippen molar-refractivity contribution < 1.29 is 19.1 Å². The molecule has 2 fully saturated rings. The van der Waals surface area contributed by atoms with Gasteiger partial charge in [0.05, 0.1) is 19.1 Å². The number of hydrogen-bond donors (Lipinski definition) is 1. The Kier molecular flexibility index (Phi) is 8.32. The van der Waals surface area contributed by atoms with Gasteiger partial charge in [0, 0.05) is 44.7 Å². The number of nitrogens with one attached hydrogen (secondary N) is 1. The number of likely N-dealkylation sites (tertiary alicyclic amines) is 1. The third-order valence-electron chi connectivity index (χ3n) is 5.87. The monoisotopic (exact) mass is 431 g/mol. The highest BCUT2D eigenvalue weighted by Crippen LogP contribution is 2.23. The van der Waals surface area contributed by atoms with E-state index in [1.54, 1.807) is 0 Å². The summed E-state index contributed by atoms with van der Waals surface area (Å²) in [6, 6.07) is 7.87. The molecule has 3 rings (SSSR count). The van der Waals surface area contributed by atoms with Gasteiger partial charge in [-0.25, -0.2) is 0 Å². The minimum Gasteiger partial charge on any atom is -0.492 e. The molecule has 1 unspecified atom stereocenters. The van der Waals surface area contributed by atoms with Gasteiger partial charge >= 0.3 is 0 Å². The van der Waals surface area contributed by atoms with E-state index in [4.69, 9.17) is 9.47 Å². The fourth-order valence-electron chi connectivity index (χ4n) is 4.05. The van der Waals surface area contributed by atoms with Gasteiger partial charge in [-0.3, -0.25) is 14.5 Å². The van der Waals surface area contributed by atoms with Gasteiger partial charge in [0.15, 0.2) is 0 Å². The molecule has 0 aromatic heterocycles. The lowest BCUT2D eigenvalue weighted by atomic mass is 9.91. The van der Waals surface area contributed by atoms with Crippen LogP contribution in [0.5, 0.6) is 5.75 Å². The standard InChI is InChI=1S/C24H37N3O4/c1-24(2,3)23(29)27-9-5-7-20(18-27)22(28)25-17-19-6-4-8-21(16-19)31-15-12-26-10-13-30-14-11-26/h4,6,8,16,20H,5,7,9-15,17-18H2,1-3H3,(H,25,28). The van der Waals surface area contributed by atoms with Crippen LogP contribution in [0.2, 0.25) is 0 Å². The molecule has 1 N–H and O–H groups in total. The molecule has 172 valence electrons. The molecule has 1 aromatic rings. The Morgan fingerprint density at radius 3 is 2.71 bits per heavy atom. The van der Waals surface area contributed by atoms with Crippen molar-refractivity contribution in [3.05, 3.63) is 29.8 Å². The lowest BCUT2D eigenvalue weighted by Crippen LogP contribution is -2.48. The van der Waals surface area contributed by atoms with Crippen molar-refractivity contribution in [3.8, 4) is 5.75 Å². The number of benzene rings is 1. The van der Waals surface area contributed by atoms with Crippen molar-refractivity contribution in [3.63, 3.8) is 0 Å². The molecule has 31 heavy (non-hydrogen) atoms. The molecule has 2 amide bonds. The summed E-state index contributed by atoms with van der Waals surface area (Å²) >= 11 is 0. The topological polar surface area (TPSA) is 71.1 Å².